The highest BCUT2D eigenvalue weighted by molar-refractivity contribution is 7.80. The van der Waals surface area contributed by atoms with Crippen LogP contribution in [0.3, 0.4) is 0 Å². The number of rotatable bonds is 3. The smallest absolute Gasteiger partial charge is 0.406 e. The van der Waals surface area contributed by atoms with E-state index in [1.807, 2.05) is 17.0 Å². The summed E-state index contributed by atoms with van der Waals surface area (Å²) >= 11 is 17.4. The molecule has 4 nitrogen and oxygen atoms in total. The number of benzene rings is 2. The third kappa shape index (κ3) is 5.56. The van der Waals surface area contributed by atoms with Crippen molar-refractivity contribution in [1.29, 1.82) is 0 Å². The Kier molecular flexibility index (Phi) is 6.42. The van der Waals surface area contributed by atoms with E-state index < -0.39 is 6.36 Å². The van der Waals surface area contributed by atoms with Gasteiger partial charge in [-0.15, -0.1) is 13.2 Å². The second-order valence-electron chi connectivity index (χ2n) is 6.08. The normalized spacial score (nSPS) is 14.8. The van der Waals surface area contributed by atoms with Crippen LogP contribution in [-0.4, -0.2) is 42.6 Å². The molecule has 2 aromatic carbocycles. The van der Waals surface area contributed by atoms with Gasteiger partial charge in [-0.2, -0.15) is 0 Å². The minimum atomic E-state index is -4.74. The number of nitrogens with zero attached hydrogens (tertiary/aromatic N) is 2. The molecule has 2 aromatic rings. The van der Waals surface area contributed by atoms with Crippen LogP contribution in [0.1, 0.15) is 0 Å². The second-order valence-corrected chi connectivity index (χ2v) is 7.28. The van der Waals surface area contributed by atoms with E-state index in [2.05, 4.69) is 15.0 Å². The molecule has 0 unspecified atom stereocenters. The van der Waals surface area contributed by atoms with Gasteiger partial charge in [-0.25, -0.2) is 0 Å². The number of anilines is 2. The van der Waals surface area contributed by atoms with Crippen molar-refractivity contribution in [2.45, 2.75) is 6.36 Å². The van der Waals surface area contributed by atoms with E-state index in [-0.39, 0.29) is 5.75 Å². The standard InChI is InChI=1S/C18H16Cl2F3N3OS/c19-15-5-4-13(11-16(15)20)25-6-8-26(9-7-25)17(28)24-12-2-1-3-14(10-12)27-18(21,22)23/h1-5,10-11H,6-9H2,(H,24,28). The van der Waals surface area contributed by atoms with Crippen molar-refractivity contribution in [3.05, 3.63) is 52.5 Å². The minimum Gasteiger partial charge on any atom is -0.406 e. The van der Waals surface area contributed by atoms with E-state index in [0.717, 1.165) is 18.8 Å². The highest BCUT2D eigenvalue weighted by atomic mass is 35.5. The van der Waals surface area contributed by atoms with E-state index in [1.165, 1.54) is 18.2 Å². The average molecular weight is 450 g/mol. The Morgan fingerprint density at radius 1 is 1.00 bits per heavy atom. The number of ether oxygens (including phenoxy) is 1. The number of piperazine rings is 1. The van der Waals surface area contributed by atoms with Crippen molar-refractivity contribution in [1.82, 2.24) is 4.90 Å². The van der Waals surface area contributed by atoms with Crippen molar-refractivity contribution in [2.24, 2.45) is 0 Å². The van der Waals surface area contributed by atoms with Crippen molar-refractivity contribution >= 4 is 51.9 Å². The molecule has 10 heteroatoms. The molecule has 1 N–H and O–H groups in total. The highest BCUT2D eigenvalue weighted by Crippen LogP contribution is 2.28. The third-order valence-electron chi connectivity index (χ3n) is 4.15. The lowest BCUT2D eigenvalue weighted by Crippen LogP contribution is -2.50. The average Bonchev–Trinajstić information content (AvgIpc) is 2.63. The summed E-state index contributed by atoms with van der Waals surface area (Å²) in [6, 6.07) is 11.1. The molecule has 3 rings (SSSR count). The van der Waals surface area contributed by atoms with Gasteiger partial charge >= 0.3 is 6.36 Å². The minimum absolute atomic E-state index is 0.301. The first kappa shape index (κ1) is 20.8. The Morgan fingerprint density at radius 3 is 2.36 bits per heavy atom. The second kappa shape index (κ2) is 8.63. The van der Waals surface area contributed by atoms with E-state index in [9.17, 15) is 13.2 Å². The first-order chi connectivity index (χ1) is 13.2. The quantitative estimate of drug-likeness (QED) is 0.632. The van der Waals surface area contributed by atoms with Crippen molar-refractivity contribution in [3.8, 4) is 5.75 Å². The molecule has 0 radical (unpaired) electrons. The maximum absolute atomic E-state index is 12.4. The van der Waals surface area contributed by atoms with Gasteiger partial charge < -0.3 is 19.9 Å². The summed E-state index contributed by atoms with van der Waals surface area (Å²) in [4.78, 5) is 4.12. The number of thiocarbonyl (C=S) groups is 1. The molecule has 0 bridgehead atoms. The summed E-state index contributed by atoms with van der Waals surface area (Å²) in [5, 5.41) is 4.41. The Balaban J connectivity index is 1.57. The van der Waals surface area contributed by atoms with Crippen LogP contribution in [0.4, 0.5) is 24.5 Å². The van der Waals surface area contributed by atoms with Crippen molar-refractivity contribution in [2.75, 3.05) is 36.4 Å². The zero-order valence-electron chi connectivity index (χ0n) is 14.5. The van der Waals surface area contributed by atoms with Crippen LogP contribution in [0.2, 0.25) is 10.0 Å². The van der Waals surface area contributed by atoms with Gasteiger partial charge in [-0.05, 0) is 42.5 Å². The van der Waals surface area contributed by atoms with Crippen LogP contribution in [0.5, 0.6) is 5.75 Å². The molecular formula is C18H16Cl2F3N3OS. The SMILES string of the molecule is FC(F)(F)Oc1cccc(NC(=S)N2CCN(c3ccc(Cl)c(Cl)c3)CC2)c1. The summed E-state index contributed by atoms with van der Waals surface area (Å²) in [6.07, 6.45) is -4.74. The molecule has 1 saturated heterocycles. The fourth-order valence-corrected chi connectivity index (χ4v) is 3.42. The van der Waals surface area contributed by atoms with Crippen LogP contribution < -0.4 is 15.0 Å². The lowest BCUT2D eigenvalue weighted by atomic mass is 10.2. The molecule has 0 aromatic heterocycles. The fraction of sp³-hybridized carbons (Fsp3) is 0.278. The van der Waals surface area contributed by atoms with Gasteiger partial charge in [0.05, 0.1) is 10.0 Å². The van der Waals surface area contributed by atoms with Crippen molar-refractivity contribution in [3.63, 3.8) is 0 Å². The van der Waals surface area contributed by atoms with Gasteiger partial charge in [-0.1, -0.05) is 29.3 Å². The first-order valence-electron chi connectivity index (χ1n) is 8.33. The van der Waals surface area contributed by atoms with E-state index in [4.69, 9.17) is 35.4 Å². The molecule has 0 amide bonds. The maximum atomic E-state index is 12.4. The molecule has 0 atom stereocenters. The Bertz CT molecular complexity index is 858. The van der Waals surface area contributed by atoms with Crippen LogP contribution in [-0.2, 0) is 0 Å². The summed E-state index contributed by atoms with van der Waals surface area (Å²) in [7, 11) is 0. The Morgan fingerprint density at radius 2 is 1.71 bits per heavy atom. The van der Waals surface area contributed by atoms with E-state index >= 15 is 0 Å². The van der Waals surface area contributed by atoms with E-state index in [1.54, 1.807) is 12.1 Å². The van der Waals surface area contributed by atoms with Crippen LogP contribution in [0, 0.1) is 0 Å². The highest BCUT2D eigenvalue weighted by Gasteiger charge is 2.31. The molecule has 0 saturated carbocycles. The molecule has 0 aliphatic carbocycles. The zero-order valence-corrected chi connectivity index (χ0v) is 16.8. The van der Waals surface area contributed by atoms with Gasteiger partial charge in [0, 0.05) is 43.6 Å². The fourth-order valence-electron chi connectivity index (χ4n) is 2.82. The molecule has 1 fully saturated rings. The number of hydrogen-bond acceptors (Lipinski definition) is 3. The van der Waals surface area contributed by atoms with Gasteiger partial charge in [0.25, 0.3) is 0 Å². The molecule has 0 spiro atoms. The maximum Gasteiger partial charge on any atom is 0.573 e. The zero-order chi connectivity index (χ0) is 20.3. The molecule has 1 aliphatic rings. The lowest BCUT2D eigenvalue weighted by Gasteiger charge is -2.37. The number of hydrogen-bond donors (Lipinski definition) is 1. The molecule has 1 aliphatic heterocycles. The topological polar surface area (TPSA) is 27.7 Å². The number of nitrogens with one attached hydrogen (secondary N) is 1. The van der Waals surface area contributed by atoms with Crippen molar-refractivity contribution < 1.29 is 17.9 Å². The largest absolute Gasteiger partial charge is 0.573 e. The summed E-state index contributed by atoms with van der Waals surface area (Å²) < 4.78 is 41.0. The molecule has 1 heterocycles. The Hall–Kier alpha value is -1.90. The van der Waals surface area contributed by atoms with Crippen LogP contribution in [0.15, 0.2) is 42.5 Å². The molecule has 150 valence electrons. The summed E-state index contributed by atoms with van der Waals surface area (Å²) in [5.74, 6) is -0.301. The summed E-state index contributed by atoms with van der Waals surface area (Å²) in [6.45, 7) is 2.75. The van der Waals surface area contributed by atoms with Crippen LogP contribution in [0.25, 0.3) is 0 Å². The monoisotopic (exact) mass is 449 g/mol. The Labute approximate surface area is 175 Å². The molecule has 28 heavy (non-hydrogen) atoms. The van der Waals surface area contributed by atoms with Gasteiger partial charge in [-0.3, -0.25) is 0 Å². The van der Waals surface area contributed by atoms with Crippen LogP contribution >= 0.6 is 35.4 Å². The van der Waals surface area contributed by atoms with Gasteiger partial charge in [0.15, 0.2) is 5.11 Å². The summed E-state index contributed by atoms with van der Waals surface area (Å²) in [5.41, 5.74) is 1.41. The number of halogens is 5. The predicted molar refractivity (Wildman–Crippen MR) is 110 cm³/mol. The first-order valence-corrected chi connectivity index (χ1v) is 9.49. The van der Waals surface area contributed by atoms with Gasteiger partial charge in [0.1, 0.15) is 5.75 Å². The third-order valence-corrected chi connectivity index (χ3v) is 5.25. The van der Waals surface area contributed by atoms with Gasteiger partial charge in [0.2, 0.25) is 0 Å². The predicted octanol–water partition coefficient (Wildman–Crippen LogP) is 5.41. The molecular weight excluding hydrogens is 434 g/mol. The number of alkyl halides is 3. The van der Waals surface area contributed by atoms with E-state index in [0.29, 0.717) is 33.9 Å². The lowest BCUT2D eigenvalue weighted by molar-refractivity contribution is -0.274.